The minimum atomic E-state index is -4.88. The quantitative estimate of drug-likeness (QED) is 0.535. The lowest BCUT2D eigenvalue weighted by Crippen LogP contribution is -2.44. The van der Waals surface area contributed by atoms with E-state index < -0.39 is 12.1 Å². The van der Waals surface area contributed by atoms with Crippen molar-refractivity contribution in [2.75, 3.05) is 18.9 Å². The molecule has 7 nitrogen and oxygen atoms in total. The number of allylic oxidation sites excluding steroid dienone is 2. The van der Waals surface area contributed by atoms with Crippen LogP contribution < -0.4 is 15.8 Å². The summed E-state index contributed by atoms with van der Waals surface area (Å²) < 4.78 is 47.7. The van der Waals surface area contributed by atoms with Crippen LogP contribution in [0.1, 0.15) is 38.7 Å². The van der Waals surface area contributed by atoms with E-state index in [-0.39, 0.29) is 23.1 Å². The van der Waals surface area contributed by atoms with Crippen LogP contribution >= 0.6 is 0 Å². The average molecular weight is 466 g/mol. The van der Waals surface area contributed by atoms with Crippen molar-refractivity contribution in [3.63, 3.8) is 0 Å². The van der Waals surface area contributed by atoms with Crippen molar-refractivity contribution in [1.82, 2.24) is 15.2 Å². The Balaban J connectivity index is 1.29. The molecule has 180 valence electrons. The molecule has 6 atom stereocenters. The minimum absolute atomic E-state index is 0.0770. The van der Waals surface area contributed by atoms with Crippen molar-refractivity contribution >= 4 is 11.5 Å². The lowest BCUT2D eigenvalue weighted by Gasteiger charge is -2.34. The molecule has 0 aromatic carbocycles. The molecule has 0 unspecified atom stereocenters. The van der Waals surface area contributed by atoms with Crippen molar-refractivity contribution in [3.05, 3.63) is 29.6 Å². The van der Waals surface area contributed by atoms with Gasteiger partial charge in [0.1, 0.15) is 0 Å². The summed E-state index contributed by atoms with van der Waals surface area (Å²) in [6, 6.07) is 2.48. The van der Waals surface area contributed by atoms with Crippen LogP contribution in [0.4, 0.5) is 19.0 Å². The number of ether oxygens (including phenoxy) is 2. The third-order valence-electron chi connectivity index (χ3n) is 7.36. The molecule has 0 amide bonds. The molecule has 0 spiro atoms. The van der Waals surface area contributed by atoms with Gasteiger partial charge in [0.2, 0.25) is 0 Å². The first-order chi connectivity index (χ1) is 15.6. The summed E-state index contributed by atoms with van der Waals surface area (Å²) in [5, 5.41) is 12.0. The molecular formula is C23H30F3N5O2. The number of nitrogen functional groups attached to an aromatic ring is 1. The van der Waals surface area contributed by atoms with Crippen LogP contribution in [0.2, 0.25) is 0 Å². The van der Waals surface area contributed by atoms with Crippen molar-refractivity contribution < 1.29 is 22.6 Å². The molecule has 1 aromatic rings. The first-order valence-electron chi connectivity index (χ1n) is 11.5. The molecule has 2 saturated carbocycles. The molecular weight excluding hydrogens is 435 g/mol. The number of morpholine rings is 1. The predicted molar refractivity (Wildman–Crippen MR) is 117 cm³/mol. The Bertz CT molecular complexity index is 954. The summed E-state index contributed by atoms with van der Waals surface area (Å²) >= 11 is 0. The molecule has 10 heteroatoms. The number of likely N-dealkylation sites (tertiary alicyclic amines) is 1. The highest BCUT2D eigenvalue weighted by molar-refractivity contribution is 6.07. The van der Waals surface area contributed by atoms with Crippen molar-refractivity contribution in [2.24, 2.45) is 17.8 Å². The summed E-state index contributed by atoms with van der Waals surface area (Å²) in [6.45, 7) is 5.98. The molecule has 2 aliphatic carbocycles. The number of aromatic nitrogens is 1. The number of fused-ring (bicyclic) bond motifs is 3. The van der Waals surface area contributed by atoms with E-state index in [1.54, 1.807) is 6.08 Å². The van der Waals surface area contributed by atoms with Gasteiger partial charge in [0.25, 0.3) is 0 Å². The maximum Gasteiger partial charge on any atom is 0.573 e. The Morgan fingerprint density at radius 1 is 1.30 bits per heavy atom. The first kappa shape index (κ1) is 22.5. The van der Waals surface area contributed by atoms with Gasteiger partial charge in [-0.3, -0.25) is 4.90 Å². The van der Waals surface area contributed by atoms with Crippen LogP contribution in [0, 0.1) is 23.2 Å². The third kappa shape index (κ3) is 4.55. The van der Waals surface area contributed by atoms with Gasteiger partial charge in [-0.15, -0.1) is 13.2 Å². The normalized spacial score (nSPS) is 33.5. The van der Waals surface area contributed by atoms with Gasteiger partial charge in [-0.05, 0) is 57.1 Å². The molecule has 4 N–H and O–H groups in total. The van der Waals surface area contributed by atoms with Crippen LogP contribution in [0.15, 0.2) is 24.0 Å². The van der Waals surface area contributed by atoms with E-state index in [2.05, 4.69) is 19.9 Å². The highest BCUT2D eigenvalue weighted by atomic mass is 19.4. The van der Waals surface area contributed by atoms with Gasteiger partial charge in [0.15, 0.2) is 11.6 Å². The lowest BCUT2D eigenvalue weighted by atomic mass is 10.0. The molecule has 0 radical (unpaired) electrons. The minimum Gasteiger partial charge on any atom is -0.402 e. The van der Waals surface area contributed by atoms with E-state index in [9.17, 15) is 13.2 Å². The summed E-state index contributed by atoms with van der Waals surface area (Å²) in [5.74, 6) is 0.555. The van der Waals surface area contributed by atoms with Gasteiger partial charge in [-0.25, -0.2) is 4.98 Å². The van der Waals surface area contributed by atoms with E-state index in [0.717, 1.165) is 44.2 Å². The summed E-state index contributed by atoms with van der Waals surface area (Å²) in [5.41, 5.74) is 6.80. The van der Waals surface area contributed by atoms with Gasteiger partial charge in [0, 0.05) is 48.0 Å². The van der Waals surface area contributed by atoms with Gasteiger partial charge < -0.3 is 25.9 Å². The molecule has 3 heterocycles. The molecule has 2 aliphatic heterocycles. The number of hydrogen-bond donors (Lipinski definition) is 3. The summed E-state index contributed by atoms with van der Waals surface area (Å²) in [4.78, 5) is 6.43. The topological polar surface area (TPSA) is 96.5 Å². The van der Waals surface area contributed by atoms with Crippen LogP contribution in [-0.2, 0) is 4.74 Å². The average Bonchev–Trinajstić information content (AvgIpc) is 3.15. The van der Waals surface area contributed by atoms with E-state index in [0.29, 0.717) is 35.9 Å². The zero-order valence-electron chi connectivity index (χ0n) is 18.7. The number of anilines is 1. The number of nitrogens with one attached hydrogen (secondary N) is 2. The van der Waals surface area contributed by atoms with Gasteiger partial charge in [-0.1, -0.05) is 0 Å². The van der Waals surface area contributed by atoms with Crippen LogP contribution in [0.25, 0.3) is 0 Å². The maximum atomic E-state index is 12.7. The monoisotopic (exact) mass is 465 g/mol. The highest BCUT2D eigenvalue weighted by Gasteiger charge is 2.59. The van der Waals surface area contributed by atoms with Gasteiger partial charge in [-0.2, -0.15) is 0 Å². The Hall–Kier alpha value is -2.33. The van der Waals surface area contributed by atoms with Crippen LogP contribution in [-0.4, -0.2) is 59.3 Å². The Kier molecular flexibility index (Phi) is 5.55. The lowest BCUT2D eigenvalue weighted by molar-refractivity contribution is -0.274. The first-order valence-corrected chi connectivity index (χ1v) is 11.5. The second-order valence-corrected chi connectivity index (χ2v) is 9.99. The number of pyridine rings is 1. The number of halogens is 3. The van der Waals surface area contributed by atoms with Crippen molar-refractivity contribution in [2.45, 2.75) is 63.7 Å². The van der Waals surface area contributed by atoms with Gasteiger partial charge >= 0.3 is 6.36 Å². The van der Waals surface area contributed by atoms with Crippen molar-refractivity contribution in [1.29, 1.82) is 5.41 Å². The fourth-order valence-corrected chi connectivity index (χ4v) is 6.04. The molecule has 5 rings (SSSR count). The molecule has 33 heavy (non-hydrogen) atoms. The molecule has 2 saturated heterocycles. The standard InChI is InChI=1S/C23H30F3N5O2/c1-11(2)30-19(7-18(27)12-3-20(22(28)29-8-12)33-23(24,25)26)21-16-5-13(6-17(16)21)31-9-15-4-14(31)10-32-15/h3,7-8,11,13-17,21,27,30H,4-6,9-10H2,1-2H3,(H2,28,29)/b19-7-,27-18?/t13-,14-,15-,16+,17-,21-/m0/s1. The zero-order chi connectivity index (χ0) is 23.5. The molecule has 2 bridgehead atoms. The largest absolute Gasteiger partial charge is 0.573 e. The summed E-state index contributed by atoms with van der Waals surface area (Å²) in [6.07, 6.45) is 2.02. The maximum absolute atomic E-state index is 12.7. The number of rotatable bonds is 7. The Labute approximate surface area is 191 Å². The number of hydrogen-bond acceptors (Lipinski definition) is 7. The fourth-order valence-electron chi connectivity index (χ4n) is 6.04. The van der Waals surface area contributed by atoms with Crippen LogP contribution in [0.3, 0.4) is 0 Å². The van der Waals surface area contributed by atoms with Crippen LogP contribution in [0.5, 0.6) is 5.75 Å². The molecule has 4 fully saturated rings. The van der Waals surface area contributed by atoms with E-state index in [1.165, 1.54) is 6.20 Å². The molecule has 4 aliphatic rings. The van der Waals surface area contributed by atoms with Gasteiger partial charge in [0.05, 0.1) is 18.4 Å². The van der Waals surface area contributed by atoms with E-state index >= 15 is 0 Å². The zero-order valence-corrected chi connectivity index (χ0v) is 18.7. The predicted octanol–water partition coefficient (Wildman–Crippen LogP) is 3.31. The second kappa shape index (κ2) is 8.16. The number of nitrogens with two attached hydrogens (primary N) is 1. The summed E-state index contributed by atoms with van der Waals surface area (Å²) in [7, 11) is 0. The van der Waals surface area contributed by atoms with Crippen molar-refractivity contribution in [3.8, 4) is 5.75 Å². The molecule has 1 aromatic heterocycles. The highest BCUT2D eigenvalue weighted by Crippen LogP contribution is 2.61. The van der Waals surface area contributed by atoms with E-state index in [4.69, 9.17) is 15.9 Å². The third-order valence-corrected chi connectivity index (χ3v) is 7.36. The Morgan fingerprint density at radius 3 is 2.61 bits per heavy atom. The smallest absolute Gasteiger partial charge is 0.402 e. The second-order valence-electron chi connectivity index (χ2n) is 9.99. The Morgan fingerprint density at radius 2 is 2.03 bits per heavy atom. The number of alkyl halides is 3. The number of nitrogens with zero attached hydrogens (tertiary/aromatic N) is 2. The fraction of sp³-hybridized carbons (Fsp3) is 0.652. The SMILES string of the molecule is CC(C)N/C(=C\C(=N)c1cnc(N)c(OC(F)(F)F)c1)[C@H]1[C@@H]2C[C@H](N3C[C@@H]4C[C@H]3CO4)C[C@@H]21. The van der Waals surface area contributed by atoms with E-state index in [1.807, 2.05) is 13.8 Å².